The monoisotopic (exact) mass is 422 g/mol. The Morgan fingerprint density at radius 1 is 1.39 bits per heavy atom. The van der Waals surface area contributed by atoms with Gasteiger partial charge in [-0.1, -0.05) is 25.1 Å². The Balaban J connectivity index is 1.51. The number of nitrogens with two attached hydrogens (primary N) is 1. The normalized spacial score (nSPS) is 24.2. The van der Waals surface area contributed by atoms with E-state index in [0.29, 0.717) is 18.8 Å². The summed E-state index contributed by atoms with van der Waals surface area (Å²) in [5.41, 5.74) is 10.9. The fourth-order valence-corrected chi connectivity index (χ4v) is 6.13. The molecule has 4 N–H and O–H groups in total. The molecule has 1 heterocycles. The van der Waals surface area contributed by atoms with Crippen molar-refractivity contribution in [2.24, 2.45) is 5.73 Å². The average molecular weight is 422 g/mol. The van der Waals surface area contributed by atoms with E-state index >= 15 is 0 Å². The van der Waals surface area contributed by atoms with Gasteiger partial charge in [0, 0.05) is 5.54 Å². The maximum atomic E-state index is 11.0. The lowest BCUT2D eigenvalue weighted by molar-refractivity contribution is 0.153. The molecule has 0 unspecified atom stereocenters. The average Bonchev–Trinajstić information content (AvgIpc) is 3.23. The molecule has 1 saturated carbocycles. The Kier molecular flexibility index (Phi) is 5.51. The molecule has 2 aromatic rings. The molecule has 0 saturated heterocycles. The maximum absolute atomic E-state index is 11.0. The molecule has 8 heteroatoms. The zero-order valence-corrected chi connectivity index (χ0v) is 17.8. The van der Waals surface area contributed by atoms with E-state index in [2.05, 4.69) is 29.6 Å². The van der Waals surface area contributed by atoms with Gasteiger partial charge in [-0.3, -0.25) is 4.52 Å². The van der Waals surface area contributed by atoms with E-state index in [-0.39, 0.29) is 6.61 Å². The number of benzene rings is 1. The zero-order chi connectivity index (χ0) is 19.9. The van der Waals surface area contributed by atoms with Crippen LogP contribution in [0.5, 0.6) is 0 Å². The number of hydrogen-bond acceptors (Lipinski definition) is 5. The van der Waals surface area contributed by atoms with Crippen LogP contribution in [0.4, 0.5) is 0 Å². The van der Waals surface area contributed by atoms with Gasteiger partial charge in [-0.25, -0.2) is 9.55 Å². The molecular formula is C20H27N2O4PS. The van der Waals surface area contributed by atoms with E-state index in [1.165, 1.54) is 32.3 Å². The summed E-state index contributed by atoms with van der Waals surface area (Å²) in [5, 5.41) is 1.23. The van der Waals surface area contributed by atoms with Crippen molar-refractivity contribution in [1.82, 2.24) is 4.98 Å². The van der Waals surface area contributed by atoms with Crippen LogP contribution in [0, 0.1) is 0 Å². The van der Waals surface area contributed by atoms with Crippen molar-refractivity contribution in [3.8, 4) is 10.4 Å². The second-order valence-electron chi connectivity index (χ2n) is 8.12. The molecule has 2 aliphatic carbocycles. The van der Waals surface area contributed by atoms with Gasteiger partial charge in [0.2, 0.25) is 0 Å². The number of phosphoric ester groups is 1. The smallest absolute Gasteiger partial charge is 0.323 e. The topological polar surface area (TPSA) is 106 Å². The molecule has 0 spiro atoms. The molecule has 2 atom stereocenters. The SMILES string of the molecule is CCCc1nc2c(s1)-c1ccc([C@H]3CC[C@](N)(COP(=O)(O)O)C3)cc1CC2. The number of aryl methyl sites for hydroxylation is 3. The maximum Gasteiger partial charge on any atom is 0.469 e. The zero-order valence-electron chi connectivity index (χ0n) is 16.1. The number of thiazole rings is 1. The number of aromatic nitrogens is 1. The highest BCUT2D eigenvalue weighted by molar-refractivity contribution is 7.46. The Morgan fingerprint density at radius 3 is 2.96 bits per heavy atom. The Labute approximate surface area is 169 Å². The van der Waals surface area contributed by atoms with Gasteiger partial charge in [0.1, 0.15) is 0 Å². The molecule has 0 aliphatic heterocycles. The van der Waals surface area contributed by atoms with Crippen LogP contribution in [-0.2, 0) is 28.4 Å². The van der Waals surface area contributed by atoms with Crippen LogP contribution in [0.2, 0.25) is 0 Å². The molecule has 4 rings (SSSR count). The summed E-state index contributed by atoms with van der Waals surface area (Å²) < 4.78 is 15.7. The number of hydrogen-bond donors (Lipinski definition) is 3. The first kappa shape index (κ1) is 20.2. The molecule has 1 fully saturated rings. The Hall–Kier alpha value is -1.08. The minimum absolute atomic E-state index is 0.108. The van der Waals surface area contributed by atoms with Crippen molar-refractivity contribution in [1.29, 1.82) is 0 Å². The summed E-state index contributed by atoms with van der Waals surface area (Å²) in [4.78, 5) is 24.1. The first-order valence-corrected chi connectivity index (χ1v) is 12.2. The lowest BCUT2D eigenvalue weighted by Gasteiger charge is -2.24. The number of rotatable bonds is 6. The fraction of sp³-hybridized carbons (Fsp3) is 0.550. The van der Waals surface area contributed by atoms with Crippen LogP contribution >= 0.6 is 19.2 Å². The van der Waals surface area contributed by atoms with Gasteiger partial charge < -0.3 is 15.5 Å². The van der Waals surface area contributed by atoms with Crippen molar-refractivity contribution in [3.05, 3.63) is 40.0 Å². The van der Waals surface area contributed by atoms with Gasteiger partial charge in [-0.2, -0.15) is 0 Å². The largest absolute Gasteiger partial charge is 0.469 e. The van der Waals surface area contributed by atoms with E-state index in [4.69, 9.17) is 20.5 Å². The van der Waals surface area contributed by atoms with Gasteiger partial charge in [-0.15, -0.1) is 11.3 Å². The standard InChI is InChI=1S/C20H27N2O4PS/c1-2-3-18-22-17-7-5-14-10-13(4-6-16(14)19(17)28-18)15-8-9-20(21,11-15)12-26-27(23,24)25/h4,6,10,15H,2-3,5,7-9,11-12,21H2,1H3,(H2,23,24,25)/t15-,20+/m0/s1. The van der Waals surface area contributed by atoms with Crippen LogP contribution in [0.3, 0.4) is 0 Å². The molecule has 0 amide bonds. The summed E-state index contributed by atoms with van der Waals surface area (Å²) in [5.74, 6) is 0.300. The predicted molar refractivity (Wildman–Crippen MR) is 110 cm³/mol. The third kappa shape index (κ3) is 4.25. The number of fused-ring (bicyclic) bond motifs is 3. The summed E-state index contributed by atoms with van der Waals surface area (Å²) >= 11 is 1.83. The molecule has 152 valence electrons. The summed E-state index contributed by atoms with van der Waals surface area (Å²) in [6, 6.07) is 6.71. The van der Waals surface area contributed by atoms with Gasteiger partial charge in [0.05, 0.1) is 22.2 Å². The third-order valence-corrected chi connectivity index (χ3v) is 7.50. The Morgan fingerprint density at radius 2 is 2.21 bits per heavy atom. The first-order chi connectivity index (χ1) is 13.3. The van der Waals surface area contributed by atoms with E-state index in [1.807, 2.05) is 11.3 Å². The molecule has 2 aliphatic rings. The van der Waals surface area contributed by atoms with Gasteiger partial charge in [-0.05, 0) is 67.6 Å². The van der Waals surface area contributed by atoms with E-state index in [0.717, 1.165) is 32.1 Å². The summed E-state index contributed by atoms with van der Waals surface area (Å²) in [7, 11) is -4.49. The first-order valence-electron chi connectivity index (χ1n) is 9.87. The summed E-state index contributed by atoms with van der Waals surface area (Å²) in [6.45, 7) is 2.08. The third-order valence-electron chi connectivity index (χ3n) is 5.85. The van der Waals surface area contributed by atoms with Gasteiger partial charge in [0.25, 0.3) is 0 Å². The minimum atomic E-state index is -4.49. The van der Waals surface area contributed by atoms with Crippen LogP contribution in [-0.4, -0.2) is 26.9 Å². The number of phosphoric acid groups is 1. The van der Waals surface area contributed by atoms with Crippen molar-refractivity contribution < 1.29 is 18.9 Å². The van der Waals surface area contributed by atoms with Crippen LogP contribution in [0.15, 0.2) is 18.2 Å². The molecule has 1 aromatic heterocycles. The van der Waals surface area contributed by atoms with Crippen molar-refractivity contribution in [3.63, 3.8) is 0 Å². The van der Waals surface area contributed by atoms with Crippen molar-refractivity contribution in [2.45, 2.75) is 63.3 Å². The molecule has 0 bridgehead atoms. The van der Waals surface area contributed by atoms with Crippen LogP contribution in [0.25, 0.3) is 10.4 Å². The quantitative estimate of drug-likeness (QED) is 0.609. The molecule has 28 heavy (non-hydrogen) atoms. The second-order valence-corrected chi connectivity index (χ2v) is 10.4. The van der Waals surface area contributed by atoms with Crippen molar-refractivity contribution >= 4 is 19.2 Å². The minimum Gasteiger partial charge on any atom is -0.323 e. The lowest BCUT2D eigenvalue weighted by Crippen LogP contribution is -2.41. The van der Waals surface area contributed by atoms with E-state index < -0.39 is 13.4 Å². The number of nitrogens with zero attached hydrogens (tertiary/aromatic N) is 1. The molecule has 6 nitrogen and oxygen atoms in total. The molecule has 0 radical (unpaired) electrons. The summed E-state index contributed by atoms with van der Waals surface area (Å²) in [6.07, 6.45) is 6.45. The highest BCUT2D eigenvalue weighted by Gasteiger charge is 2.38. The van der Waals surface area contributed by atoms with Crippen LogP contribution in [0.1, 0.15) is 60.4 Å². The predicted octanol–water partition coefficient (Wildman–Crippen LogP) is 3.94. The van der Waals surface area contributed by atoms with Gasteiger partial charge >= 0.3 is 7.82 Å². The highest BCUT2D eigenvalue weighted by atomic mass is 32.1. The molecular weight excluding hydrogens is 395 g/mol. The molecule has 1 aromatic carbocycles. The van der Waals surface area contributed by atoms with Crippen LogP contribution < -0.4 is 5.73 Å². The fourth-order valence-electron chi connectivity index (χ4n) is 4.44. The van der Waals surface area contributed by atoms with Crippen molar-refractivity contribution in [2.75, 3.05) is 6.61 Å². The van der Waals surface area contributed by atoms with E-state index in [1.54, 1.807) is 0 Å². The van der Waals surface area contributed by atoms with E-state index in [9.17, 15) is 4.57 Å². The highest BCUT2D eigenvalue weighted by Crippen LogP contribution is 2.45. The van der Waals surface area contributed by atoms with Gasteiger partial charge in [0.15, 0.2) is 0 Å². The second kappa shape index (κ2) is 7.63. The lowest BCUT2D eigenvalue weighted by atomic mass is 9.87. The Bertz CT molecular complexity index is 925.